The summed E-state index contributed by atoms with van der Waals surface area (Å²) < 4.78 is 83.8. The summed E-state index contributed by atoms with van der Waals surface area (Å²) in [5.74, 6) is -5.52. The molecule has 0 saturated carbocycles. The Bertz CT molecular complexity index is 4200. The Morgan fingerprint density at radius 1 is 0.389 bits per heavy atom. The van der Waals surface area contributed by atoms with Crippen molar-refractivity contribution in [2.75, 3.05) is 40.6 Å². The molecule has 5 aliphatic heterocycles. The Kier molecular flexibility index (Phi) is 27.7. The van der Waals surface area contributed by atoms with Crippen molar-refractivity contribution in [1.82, 2.24) is 0 Å². The number of aliphatic hydroxyl groups excluding tert-OH is 9. The van der Waals surface area contributed by atoms with E-state index in [0.717, 1.165) is 60.1 Å². The van der Waals surface area contributed by atoms with E-state index in [1.54, 1.807) is 32.1 Å². The summed E-state index contributed by atoms with van der Waals surface area (Å²) in [4.78, 5) is 54.3. The van der Waals surface area contributed by atoms with Crippen LogP contribution in [-0.2, 0) is 98.4 Å². The molecule has 0 radical (unpaired) electrons. The first-order chi connectivity index (χ1) is 54.7. The van der Waals surface area contributed by atoms with Crippen molar-refractivity contribution in [1.29, 1.82) is 0 Å². The summed E-state index contributed by atoms with van der Waals surface area (Å²) in [6.07, 6.45) is -23.9. The molecule has 19 atom stereocenters. The van der Waals surface area contributed by atoms with Crippen LogP contribution in [0.25, 0.3) is 0 Å². The third-order valence-electron chi connectivity index (χ3n) is 20.8. The molecule has 0 bridgehead atoms. The smallest absolute Gasteiger partial charge is 0.337 e. The molecule has 113 heavy (non-hydrogen) atoms. The summed E-state index contributed by atoms with van der Waals surface area (Å²) >= 11 is 0. The van der Waals surface area contributed by atoms with Crippen molar-refractivity contribution >= 4 is 23.9 Å². The number of allylic oxidation sites excluding steroid dienone is 2. The second-order valence-corrected chi connectivity index (χ2v) is 27.6. The molecule has 3 fully saturated rings. The molecular weight excluding hydrogens is 1460 g/mol. The molecule has 7 aromatic carbocycles. The van der Waals surface area contributed by atoms with Crippen LogP contribution in [0.4, 0.5) is 0 Å². The van der Waals surface area contributed by atoms with Crippen LogP contribution >= 0.6 is 0 Å². The van der Waals surface area contributed by atoms with Gasteiger partial charge < -0.3 is 112 Å². The number of benzene rings is 7. The lowest BCUT2D eigenvalue weighted by Gasteiger charge is -2.44. The lowest BCUT2D eigenvalue weighted by atomic mass is 9.80. The first kappa shape index (κ1) is 82.6. The van der Waals surface area contributed by atoms with Crippen LogP contribution in [0.5, 0.6) is 5.75 Å². The molecular formula is C86H92O27. The molecule has 27 nitrogen and oxygen atoms in total. The lowest BCUT2D eigenvalue weighted by molar-refractivity contribution is -0.331. The number of carbonyl (C=O) groups excluding carboxylic acids is 4. The van der Waals surface area contributed by atoms with Gasteiger partial charge in [0, 0.05) is 29.4 Å². The van der Waals surface area contributed by atoms with E-state index in [1.807, 2.05) is 182 Å². The van der Waals surface area contributed by atoms with Crippen LogP contribution in [0, 0.1) is 11.8 Å². The van der Waals surface area contributed by atoms with Gasteiger partial charge in [-0.15, -0.1) is 0 Å². The van der Waals surface area contributed by atoms with Gasteiger partial charge >= 0.3 is 23.9 Å². The summed E-state index contributed by atoms with van der Waals surface area (Å²) in [7, 11) is 2.28. The fraction of sp³-hybridized carbons (Fsp3) is 0.372. The van der Waals surface area contributed by atoms with Crippen molar-refractivity contribution in [3.8, 4) is 5.75 Å². The highest BCUT2D eigenvalue weighted by Gasteiger charge is 2.52. The standard InChI is InChI=1S/C86H92O27/c1-5-58-60(62(78(98)100-3)45-104-80(58)112-83-76(96)73(93)70(90)65(110-83)48-106-85(51-25-13-7-14-26-51,52-27-15-8-16-28-52)53-29-17-9-18-30-53)43-67(87)102-42-41-50-37-39-57(40-38-50)108-82-75(95)72(92)69(89)64(109-82)47-103-68(88)44-61-59(6-2)81(105-46-63(61)79(99)101-4)113-84-77(97)74(94)71(91)66(111-84)49-107-86(54-31-19-10-20-32-54,55-33-21-11-22-34-55)56-35-23-12-24-36-56/h5-40,45-46,60-61,64-66,69-77,80-84,89-97H,41-44,47-49H2,1-4H3/b58-5+,59-6+/t60-,61-,64+,65+,66+,69+,70+,71+,72-,73-,74-,75+,76+,77+,80-,81-,82+,83-,84-/m0/s1. The Morgan fingerprint density at radius 3 is 1.04 bits per heavy atom. The molecule has 0 aromatic heterocycles. The van der Waals surface area contributed by atoms with Gasteiger partial charge in [0.2, 0.25) is 18.9 Å². The highest BCUT2D eigenvalue weighted by atomic mass is 16.8. The zero-order chi connectivity index (χ0) is 79.9. The summed E-state index contributed by atoms with van der Waals surface area (Å²) in [6, 6.07) is 62.9. The van der Waals surface area contributed by atoms with Crippen molar-refractivity contribution in [3.63, 3.8) is 0 Å². The van der Waals surface area contributed by atoms with Gasteiger partial charge in [-0.3, -0.25) is 9.59 Å². The topological polar surface area (TPSA) is 380 Å². The van der Waals surface area contributed by atoms with Gasteiger partial charge in [-0.1, -0.05) is 206 Å². The average Bonchev–Trinajstić information content (AvgIpc) is 0.781. The number of hydrogen-bond acceptors (Lipinski definition) is 27. The fourth-order valence-corrected chi connectivity index (χ4v) is 14.7. The molecule has 598 valence electrons. The minimum atomic E-state index is -1.87. The zero-order valence-corrected chi connectivity index (χ0v) is 62.2. The second-order valence-electron chi connectivity index (χ2n) is 27.6. The molecule has 9 N–H and O–H groups in total. The Morgan fingerprint density at radius 2 is 0.708 bits per heavy atom. The average molecular weight is 1560 g/mol. The van der Waals surface area contributed by atoms with Crippen LogP contribution in [0.2, 0.25) is 0 Å². The lowest BCUT2D eigenvalue weighted by Crippen LogP contribution is -2.60. The number of aliphatic hydroxyl groups is 9. The Hall–Kier alpha value is -9.86. The maximum atomic E-state index is 14.0. The first-order valence-corrected chi connectivity index (χ1v) is 37.0. The number of ether oxygens (including phenoxy) is 14. The molecule has 0 amide bonds. The first-order valence-electron chi connectivity index (χ1n) is 37.0. The van der Waals surface area contributed by atoms with Crippen LogP contribution in [0.15, 0.2) is 253 Å². The van der Waals surface area contributed by atoms with E-state index in [1.165, 1.54) is 18.2 Å². The minimum Gasteiger partial charge on any atom is -0.468 e. The van der Waals surface area contributed by atoms with Gasteiger partial charge in [0.15, 0.2) is 12.6 Å². The molecule has 27 heteroatoms. The van der Waals surface area contributed by atoms with Gasteiger partial charge in [0.05, 0.1) is 70.6 Å². The molecule has 5 heterocycles. The maximum absolute atomic E-state index is 14.0. The number of esters is 4. The van der Waals surface area contributed by atoms with Gasteiger partial charge in [-0.2, -0.15) is 0 Å². The van der Waals surface area contributed by atoms with E-state index in [4.69, 9.17) is 66.3 Å². The molecule has 0 unspecified atom stereocenters. The van der Waals surface area contributed by atoms with E-state index >= 15 is 0 Å². The van der Waals surface area contributed by atoms with Crippen LogP contribution in [0.3, 0.4) is 0 Å². The summed E-state index contributed by atoms with van der Waals surface area (Å²) in [5.41, 5.74) is 2.80. The third kappa shape index (κ3) is 18.2. The monoisotopic (exact) mass is 1560 g/mol. The van der Waals surface area contributed by atoms with E-state index in [0.29, 0.717) is 5.56 Å². The third-order valence-corrected chi connectivity index (χ3v) is 20.8. The number of hydrogen-bond donors (Lipinski definition) is 9. The Balaban J connectivity index is 0.641. The van der Waals surface area contributed by atoms with Gasteiger partial charge in [-0.05, 0) is 64.9 Å². The van der Waals surface area contributed by atoms with Gasteiger partial charge in [0.25, 0.3) is 0 Å². The van der Waals surface area contributed by atoms with Crippen molar-refractivity contribution in [2.24, 2.45) is 11.8 Å². The zero-order valence-electron chi connectivity index (χ0n) is 62.2. The highest BCUT2D eigenvalue weighted by Crippen LogP contribution is 2.45. The van der Waals surface area contributed by atoms with E-state index in [9.17, 15) is 65.1 Å². The highest BCUT2D eigenvalue weighted by molar-refractivity contribution is 5.91. The molecule has 5 aliphatic rings. The Labute approximate surface area is 651 Å². The van der Waals surface area contributed by atoms with Crippen LogP contribution < -0.4 is 4.74 Å². The summed E-state index contributed by atoms with van der Waals surface area (Å²) in [5, 5.41) is 102. The number of rotatable bonds is 29. The van der Waals surface area contributed by atoms with Crippen molar-refractivity contribution in [3.05, 3.63) is 292 Å². The van der Waals surface area contributed by atoms with E-state index in [2.05, 4.69) is 0 Å². The van der Waals surface area contributed by atoms with Crippen molar-refractivity contribution < 1.29 is 131 Å². The second kappa shape index (κ2) is 37.9. The van der Waals surface area contributed by atoms with Gasteiger partial charge in [-0.25, -0.2) is 9.59 Å². The van der Waals surface area contributed by atoms with Crippen LogP contribution in [-0.4, -0.2) is 215 Å². The predicted molar refractivity (Wildman–Crippen MR) is 399 cm³/mol. The number of carbonyl (C=O) groups is 4. The van der Waals surface area contributed by atoms with E-state index in [-0.39, 0.29) is 54.3 Å². The molecule has 7 aromatic rings. The normalized spacial score (nSPS) is 28.7. The molecule has 0 spiro atoms. The SMILES string of the molecule is C/C=C1/[C@H](O[C@@H]2O[C@H](COC(c3ccccc3)(c3ccccc3)c3ccccc3)[C@@H](O)[C@H](O)[C@H]2O)OC=C(C(=O)OC)[C@H]1CC(=O)OCCc1ccc(O[C@@H]2O[C@H](COC(=O)C[C@@H]3C(C(=O)OC)=CO[C@@H](O[C@@H]4O[C@H](COC(c5ccccc5)(c5ccccc5)c5ccccc5)[C@@H](O)[C@H](O)[C@H]4O)/C3=C/C)[C@@H](O)[C@H](O)[C@H]2O)cc1. The minimum absolute atomic E-state index is 0.0582. The molecule has 3 saturated heterocycles. The maximum Gasteiger partial charge on any atom is 0.337 e. The van der Waals surface area contributed by atoms with Gasteiger partial charge in [0.1, 0.15) is 96.8 Å². The summed E-state index contributed by atoms with van der Waals surface area (Å²) in [6.45, 7) is 1.65. The molecule has 0 aliphatic carbocycles. The predicted octanol–water partition coefficient (Wildman–Crippen LogP) is 5.90. The molecule has 12 rings (SSSR count). The van der Waals surface area contributed by atoms with Crippen molar-refractivity contribution in [2.45, 2.75) is 149 Å². The fourth-order valence-electron chi connectivity index (χ4n) is 14.7. The quantitative estimate of drug-likeness (QED) is 0.0114. The van der Waals surface area contributed by atoms with Crippen LogP contribution in [0.1, 0.15) is 65.6 Å². The van der Waals surface area contributed by atoms with E-state index < -0.39 is 171 Å². The largest absolute Gasteiger partial charge is 0.468 e. The number of methoxy groups -OCH3 is 2.